The number of ether oxygens (including phenoxy) is 1. The molecule has 1 aliphatic rings. The van der Waals surface area contributed by atoms with Crippen LogP contribution in [0.25, 0.3) is 0 Å². The van der Waals surface area contributed by atoms with Crippen molar-refractivity contribution in [3.8, 4) is 0 Å². The summed E-state index contributed by atoms with van der Waals surface area (Å²) in [5, 5.41) is 0. The van der Waals surface area contributed by atoms with E-state index in [0.29, 0.717) is 0 Å². The van der Waals surface area contributed by atoms with E-state index in [1.165, 1.54) is 12.8 Å². The fraction of sp³-hybridized carbons (Fsp3) is 0.778. The van der Waals surface area contributed by atoms with Crippen molar-refractivity contribution in [3.05, 3.63) is 12.2 Å². The van der Waals surface area contributed by atoms with E-state index in [1.54, 1.807) is 0 Å². The average molecular weight is 155 g/mol. The van der Waals surface area contributed by atoms with E-state index < -0.39 is 0 Å². The van der Waals surface area contributed by atoms with E-state index in [9.17, 15) is 0 Å². The minimum Gasteiger partial charge on any atom is -0.376 e. The van der Waals surface area contributed by atoms with Gasteiger partial charge >= 0.3 is 0 Å². The molecule has 1 rings (SSSR count). The van der Waals surface area contributed by atoms with Crippen LogP contribution in [-0.4, -0.2) is 18.8 Å². The highest BCUT2D eigenvalue weighted by atomic mass is 16.5. The third-order valence-corrected chi connectivity index (χ3v) is 2.18. The Kier molecular flexibility index (Phi) is 3.09. The fourth-order valence-electron chi connectivity index (χ4n) is 1.37. The molecule has 1 saturated heterocycles. The molecule has 2 unspecified atom stereocenters. The van der Waals surface area contributed by atoms with Crippen LogP contribution in [0.5, 0.6) is 0 Å². The monoisotopic (exact) mass is 155 g/mol. The summed E-state index contributed by atoms with van der Waals surface area (Å²) in [5.41, 5.74) is 6.89. The number of nitrogens with two attached hydrogens (primary N) is 1. The van der Waals surface area contributed by atoms with Gasteiger partial charge in [-0.15, -0.1) is 0 Å². The van der Waals surface area contributed by atoms with Crippen LogP contribution < -0.4 is 5.73 Å². The maximum atomic E-state index is 5.87. The molecule has 0 radical (unpaired) electrons. The van der Waals surface area contributed by atoms with E-state index >= 15 is 0 Å². The van der Waals surface area contributed by atoms with Crippen molar-refractivity contribution < 1.29 is 4.74 Å². The van der Waals surface area contributed by atoms with Gasteiger partial charge in [-0.3, -0.25) is 0 Å². The maximum Gasteiger partial charge on any atom is 0.0764 e. The molecule has 0 aliphatic carbocycles. The molecule has 0 aromatic heterocycles. The molecule has 11 heavy (non-hydrogen) atoms. The molecule has 2 N–H and O–H groups in total. The molecule has 0 aromatic rings. The first kappa shape index (κ1) is 8.75. The van der Waals surface area contributed by atoms with Crippen molar-refractivity contribution in [1.29, 1.82) is 0 Å². The van der Waals surface area contributed by atoms with Crippen molar-refractivity contribution in [1.82, 2.24) is 0 Å². The highest BCUT2D eigenvalue weighted by Crippen LogP contribution is 2.17. The SMILES string of the molecule is C=C(C)C(N)C1CCCCO1. The van der Waals surface area contributed by atoms with Crippen molar-refractivity contribution in [2.24, 2.45) is 5.73 Å². The third kappa shape index (κ3) is 2.31. The smallest absolute Gasteiger partial charge is 0.0764 e. The van der Waals surface area contributed by atoms with Crippen molar-refractivity contribution in [2.45, 2.75) is 38.3 Å². The molecule has 1 aliphatic heterocycles. The Morgan fingerprint density at radius 1 is 1.64 bits per heavy atom. The van der Waals surface area contributed by atoms with Crippen molar-refractivity contribution in [2.75, 3.05) is 6.61 Å². The number of hydrogen-bond donors (Lipinski definition) is 1. The molecule has 1 fully saturated rings. The van der Waals surface area contributed by atoms with E-state index in [1.807, 2.05) is 6.92 Å². The van der Waals surface area contributed by atoms with Gasteiger partial charge in [-0.25, -0.2) is 0 Å². The normalized spacial score (nSPS) is 28.0. The average Bonchev–Trinajstić information content (AvgIpc) is 2.05. The van der Waals surface area contributed by atoms with Crippen LogP contribution in [0.2, 0.25) is 0 Å². The van der Waals surface area contributed by atoms with Crippen LogP contribution in [0, 0.1) is 0 Å². The Hall–Kier alpha value is -0.340. The summed E-state index contributed by atoms with van der Waals surface area (Å²) < 4.78 is 5.52. The van der Waals surface area contributed by atoms with Gasteiger partial charge in [0.1, 0.15) is 0 Å². The van der Waals surface area contributed by atoms with E-state index in [4.69, 9.17) is 10.5 Å². The molecule has 1 heterocycles. The molecule has 0 amide bonds. The molecule has 0 spiro atoms. The summed E-state index contributed by atoms with van der Waals surface area (Å²) in [6.45, 7) is 6.65. The van der Waals surface area contributed by atoms with Gasteiger partial charge in [-0.1, -0.05) is 12.2 Å². The van der Waals surface area contributed by atoms with Crippen LogP contribution in [0.15, 0.2) is 12.2 Å². The lowest BCUT2D eigenvalue weighted by molar-refractivity contribution is 0.00728. The number of hydrogen-bond acceptors (Lipinski definition) is 2. The second-order valence-electron chi connectivity index (χ2n) is 3.28. The Labute approximate surface area is 68.4 Å². The van der Waals surface area contributed by atoms with E-state index in [2.05, 4.69) is 6.58 Å². The van der Waals surface area contributed by atoms with Gasteiger partial charge in [0.05, 0.1) is 12.1 Å². The predicted molar refractivity (Wildman–Crippen MR) is 46.4 cm³/mol. The summed E-state index contributed by atoms with van der Waals surface area (Å²) in [7, 11) is 0. The van der Waals surface area contributed by atoms with Gasteiger partial charge in [-0.05, 0) is 26.2 Å². The van der Waals surface area contributed by atoms with Gasteiger partial charge in [0.2, 0.25) is 0 Å². The Balaban J connectivity index is 2.38. The standard InChI is InChI=1S/C9H17NO/c1-7(2)9(10)8-5-3-4-6-11-8/h8-9H,1,3-6,10H2,2H3. The first-order valence-electron chi connectivity index (χ1n) is 4.24. The van der Waals surface area contributed by atoms with Crippen LogP contribution in [0.4, 0.5) is 0 Å². The lowest BCUT2D eigenvalue weighted by atomic mass is 9.98. The first-order valence-corrected chi connectivity index (χ1v) is 4.24. The zero-order valence-electron chi connectivity index (χ0n) is 7.18. The second-order valence-corrected chi connectivity index (χ2v) is 3.28. The summed E-state index contributed by atoms with van der Waals surface area (Å²) >= 11 is 0. The molecular formula is C9H17NO. The van der Waals surface area contributed by atoms with Crippen molar-refractivity contribution in [3.63, 3.8) is 0 Å². The summed E-state index contributed by atoms with van der Waals surface area (Å²) in [5.74, 6) is 0. The van der Waals surface area contributed by atoms with Gasteiger partial charge in [-0.2, -0.15) is 0 Å². The molecule has 64 valence electrons. The topological polar surface area (TPSA) is 35.2 Å². The van der Waals surface area contributed by atoms with Gasteiger partial charge < -0.3 is 10.5 Å². The maximum absolute atomic E-state index is 5.87. The summed E-state index contributed by atoms with van der Waals surface area (Å²) in [6.07, 6.45) is 3.74. The van der Waals surface area contributed by atoms with Gasteiger partial charge in [0, 0.05) is 6.61 Å². The molecule has 2 atom stereocenters. The lowest BCUT2D eigenvalue weighted by Gasteiger charge is -2.28. The Morgan fingerprint density at radius 3 is 2.82 bits per heavy atom. The molecule has 0 saturated carbocycles. The molecule has 0 bridgehead atoms. The zero-order chi connectivity index (χ0) is 8.27. The zero-order valence-corrected chi connectivity index (χ0v) is 7.18. The fourth-order valence-corrected chi connectivity index (χ4v) is 1.37. The molecular weight excluding hydrogens is 138 g/mol. The van der Waals surface area contributed by atoms with Gasteiger partial charge in [0.25, 0.3) is 0 Å². The first-order chi connectivity index (χ1) is 5.22. The largest absolute Gasteiger partial charge is 0.376 e. The highest BCUT2D eigenvalue weighted by Gasteiger charge is 2.21. The predicted octanol–water partition coefficient (Wildman–Crippen LogP) is 1.46. The molecule has 2 heteroatoms. The van der Waals surface area contributed by atoms with Crippen molar-refractivity contribution >= 4 is 0 Å². The van der Waals surface area contributed by atoms with E-state index in [0.717, 1.165) is 18.6 Å². The molecule has 0 aromatic carbocycles. The van der Waals surface area contributed by atoms with Crippen LogP contribution in [0.3, 0.4) is 0 Å². The van der Waals surface area contributed by atoms with E-state index in [-0.39, 0.29) is 12.1 Å². The third-order valence-electron chi connectivity index (χ3n) is 2.18. The number of rotatable bonds is 2. The van der Waals surface area contributed by atoms with Crippen LogP contribution in [-0.2, 0) is 4.74 Å². The second kappa shape index (κ2) is 3.88. The van der Waals surface area contributed by atoms with Gasteiger partial charge in [0.15, 0.2) is 0 Å². The molecule has 2 nitrogen and oxygen atoms in total. The lowest BCUT2D eigenvalue weighted by Crippen LogP contribution is -2.39. The Bertz CT molecular complexity index is 138. The minimum absolute atomic E-state index is 0.0373. The quantitative estimate of drug-likeness (QED) is 0.613. The summed E-state index contributed by atoms with van der Waals surface area (Å²) in [6, 6.07) is 0.0373. The summed E-state index contributed by atoms with van der Waals surface area (Å²) in [4.78, 5) is 0. The highest BCUT2D eigenvalue weighted by molar-refractivity contribution is 5.03. The minimum atomic E-state index is 0.0373. The Morgan fingerprint density at radius 2 is 2.36 bits per heavy atom. The van der Waals surface area contributed by atoms with Crippen LogP contribution in [0.1, 0.15) is 26.2 Å². The van der Waals surface area contributed by atoms with Crippen LogP contribution >= 0.6 is 0 Å².